The van der Waals surface area contributed by atoms with E-state index < -0.39 is 5.97 Å². The Labute approximate surface area is 103 Å². The van der Waals surface area contributed by atoms with Crippen LogP contribution in [-0.4, -0.2) is 22.7 Å². The number of aliphatic carboxylic acids is 1. The number of fused-ring (bicyclic) bond motifs is 1. The number of H-pyrrole nitrogens is 1. The van der Waals surface area contributed by atoms with Crippen molar-refractivity contribution in [3.8, 4) is 5.75 Å². The van der Waals surface area contributed by atoms with Crippen LogP contribution < -0.4 is 10.3 Å². The molecule has 0 atom stereocenters. The minimum Gasteiger partial charge on any atom is -0.494 e. The summed E-state index contributed by atoms with van der Waals surface area (Å²) in [5.41, 5.74) is 0.545. The van der Waals surface area contributed by atoms with Crippen LogP contribution in [0.2, 0.25) is 0 Å². The zero-order chi connectivity index (χ0) is 13.0. The van der Waals surface area contributed by atoms with Crippen molar-refractivity contribution in [2.45, 2.75) is 12.8 Å². The third-order valence-electron chi connectivity index (χ3n) is 2.50. The number of carboxylic acids is 1. The van der Waals surface area contributed by atoms with Gasteiger partial charge in [-0.15, -0.1) is 0 Å². The Bertz CT molecular complexity index is 618. The summed E-state index contributed by atoms with van der Waals surface area (Å²) in [6.45, 7) is 0.342. The molecule has 94 valence electrons. The molecule has 0 saturated heterocycles. The molecule has 0 fully saturated rings. The van der Waals surface area contributed by atoms with Crippen molar-refractivity contribution < 1.29 is 14.6 Å². The van der Waals surface area contributed by atoms with Crippen molar-refractivity contribution in [2.24, 2.45) is 0 Å². The lowest BCUT2D eigenvalue weighted by Gasteiger charge is -2.06. The number of aromatic amines is 1. The average molecular weight is 247 g/mol. The number of hydrogen-bond donors (Lipinski definition) is 2. The monoisotopic (exact) mass is 247 g/mol. The summed E-state index contributed by atoms with van der Waals surface area (Å²) >= 11 is 0. The molecule has 0 aliphatic carbocycles. The number of aromatic nitrogens is 1. The number of pyridine rings is 1. The van der Waals surface area contributed by atoms with E-state index >= 15 is 0 Å². The first-order chi connectivity index (χ1) is 8.65. The highest BCUT2D eigenvalue weighted by atomic mass is 16.5. The highest BCUT2D eigenvalue weighted by Crippen LogP contribution is 2.18. The normalized spacial score (nSPS) is 10.4. The van der Waals surface area contributed by atoms with E-state index in [-0.39, 0.29) is 12.0 Å². The molecule has 0 spiro atoms. The van der Waals surface area contributed by atoms with Crippen LogP contribution in [0, 0.1) is 0 Å². The van der Waals surface area contributed by atoms with E-state index in [1.807, 2.05) is 6.07 Å². The Morgan fingerprint density at radius 1 is 1.28 bits per heavy atom. The van der Waals surface area contributed by atoms with Gasteiger partial charge in [0.25, 0.3) is 0 Å². The first-order valence-corrected chi connectivity index (χ1v) is 5.63. The highest BCUT2D eigenvalue weighted by molar-refractivity contribution is 5.79. The van der Waals surface area contributed by atoms with Crippen molar-refractivity contribution in [1.29, 1.82) is 0 Å². The van der Waals surface area contributed by atoms with Crippen molar-refractivity contribution >= 4 is 16.9 Å². The lowest BCUT2D eigenvalue weighted by molar-refractivity contribution is -0.137. The van der Waals surface area contributed by atoms with Gasteiger partial charge in [-0.3, -0.25) is 9.59 Å². The van der Waals surface area contributed by atoms with Crippen LogP contribution >= 0.6 is 0 Å². The lowest BCUT2D eigenvalue weighted by atomic mass is 10.2. The third-order valence-corrected chi connectivity index (χ3v) is 2.50. The van der Waals surface area contributed by atoms with E-state index in [0.717, 1.165) is 5.39 Å². The van der Waals surface area contributed by atoms with Crippen LogP contribution in [0.15, 0.2) is 35.1 Å². The van der Waals surface area contributed by atoms with Crippen LogP contribution in [0.3, 0.4) is 0 Å². The standard InChI is InChI=1S/C13H13NO4/c15-12-6-4-9-3-5-10(8-11(9)14-12)18-7-1-2-13(16)17/h3-6,8H,1-2,7H2,(H,14,15)(H,16,17). The Morgan fingerprint density at radius 3 is 2.83 bits per heavy atom. The Kier molecular flexibility index (Phi) is 3.62. The number of benzene rings is 1. The van der Waals surface area contributed by atoms with Crippen LogP contribution in [0.1, 0.15) is 12.8 Å². The molecule has 1 aromatic carbocycles. The maximum absolute atomic E-state index is 11.2. The molecule has 5 nitrogen and oxygen atoms in total. The molecule has 0 radical (unpaired) electrons. The molecule has 5 heteroatoms. The van der Waals surface area contributed by atoms with Gasteiger partial charge in [-0.2, -0.15) is 0 Å². The minimum atomic E-state index is -0.832. The van der Waals surface area contributed by atoms with Gasteiger partial charge in [-0.1, -0.05) is 0 Å². The van der Waals surface area contributed by atoms with Crippen molar-refractivity contribution in [3.05, 3.63) is 40.7 Å². The number of hydrogen-bond acceptors (Lipinski definition) is 3. The van der Waals surface area contributed by atoms with Gasteiger partial charge in [0.15, 0.2) is 0 Å². The van der Waals surface area contributed by atoms with Gasteiger partial charge >= 0.3 is 5.97 Å². The average Bonchev–Trinajstić information content (AvgIpc) is 2.34. The molecule has 0 aliphatic heterocycles. The first kappa shape index (κ1) is 12.2. The zero-order valence-corrected chi connectivity index (χ0v) is 9.68. The molecule has 0 bridgehead atoms. The van der Waals surface area contributed by atoms with E-state index in [9.17, 15) is 9.59 Å². The summed E-state index contributed by atoms with van der Waals surface area (Å²) in [5.74, 6) is -0.212. The van der Waals surface area contributed by atoms with E-state index in [4.69, 9.17) is 9.84 Å². The molecule has 2 aromatic rings. The van der Waals surface area contributed by atoms with E-state index in [2.05, 4.69) is 4.98 Å². The van der Waals surface area contributed by atoms with Crippen molar-refractivity contribution in [1.82, 2.24) is 4.98 Å². The summed E-state index contributed by atoms with van der Waals surface area (Å²) in [4.78, 5) is 24.2. The number of carboxylic acid groups (broad SMARTS) is 1. The number of nitrogens with one attached hydrogen (secondary N) is 1. The van der Waals surface area contributed by atoms with Crippen LogP contribution in [-0.2, 0) is 4.79 Å². The molecule has 0 unspecified atom stereocenters. The Balaban J connectivity index is 2.05. The molecular formula is C13H13NO4. The van der Waals surface area contributed by atoms with Gasteiger partial charge in [0, 0.05) is 18.6 Å². The fraction of sp³-hybridized carbons (Fsp3) is 0.231. The molecule has 18 heavy (non-hydrogen) atoms. The molecule has 0 aliphatic rings. The fourth-order valence-corrected chi connectivity index (χ4v) is 1.63. The number of ether oxygens (including phenoxy) is 1. The second-order valence-corrected chi connectivity index (χ2v) is 3.92. The SMILES string of the molecule is O=C(O)CCCOc1ccc2ccc(=O)[nH]c2c1. The predicted molar refractivity (Wildman–Crippen MR) is 66.9 cm³/mol. The molecule has 0 saturated carbocycles. The minimum absolute atomic E-state index is 0.0877. The van der Waals surface area contributed by atoms with E-state index in [0.29, 0.717) is 24.3 Å². The van der Waals surface area contributed by atoms with Crippen LogP contribution in [0.25, 0.3) is 10.9 Å². The quantitative estimate of drug-likeness (QED) is 0.789. The number of rotatable bonds is 5. The van der Waals surface area contributed by atoms with Gasteiger partial charge in [-0.25, -0.2) is 0 Å². The van der Waals surface area contributed by atoms with E-state index in [1.54, 1.807) is 18.2 Å². The largest absolute Gasteiger partial charge is 0.494 e. The summed E-state index contributed by atoms with van der Waals surface area (Å²) in [6, 6.07) is 8.58. The van der Waals surface area contributed by atoms with E-state index in [1.165, 1.54) is 6.07 Å². The molecule has 2 N–H and O–H groups in total. The topological polar surface area (TPSA) is 79.4 Å². The van der Waals surface area contributed by atoms with Gasteiger partial charge in [0.05, 0.1) is 12.1 Å². The number of carbonyl (C=O) groups is 1. The molecule has 1 heterocycles. The smallest absolute Gasteiger partial charge is 0.303 e. The first-order valence-electron chi connectivity index (χ1n) is 5.63. The maximum atomic E-state index is 11.2. The summed E-state index contributed by atoms with van der Waals surface area (Å²) in [7, 11) is 0. The summed E-state index contributed by atoms with van der Waals surface area (Å²) in [5, 5.41) is 9.41. The van der Waals surface area contributed by atoms with Gasteiger partial charge < -0.3 is 14.8 Å². The van der Waals surface area contributed by atoms with Crippen LogP contribution in [0.4, 0.5) is 0 Å². The summed E-state index contributed by atoms with van der Waals surface area (Å²) in [6.07, 6.45) is 0.545. The second kappa shape index (κ2) is 5.35. The predicted octanol–water partition coefficient (Wildman–Crippen LogP) is 1.77. The van der Waals surface area contributed by atoms with Crippen LogP contribution in [0.5, 0.6) is 5.75 Å². The van der Waals surface area contributed by atoms with Gasteiger partial charge in [0.2, 0.25) is 5.56 Å². The van der Waals surface area contributed by atoms with Crippen molar-refractivity contribution in [3.63, 3.8) is 0 Å². The molecule has 1 aromatic heterocycles. The van der Waals surface area contributed by atoms with Gasteiger partial charge in [0.1, 0.15) is 5.75 Å². The molecular weight excluding hydrogens is 234 g/mol. The summed E-state index contributed by atoms with van der Waals surface area (Å²) < 4.78 is 5.42. The maximum Gasteiger partial charge on any atom is 0.303 e. The zero-order valence-electron chi connectivity index (χ0n) is 9.68. The third kappa shape index (κ3) is 3.10. The molecule has 2 rings (SSSR count). The Hall–Kier alpha value is -2.30. The highest BCUT2D eigenvalue weighted by Gasteiger charge is 2.00. The van der Waals surface area contributed by atoms with Gasteiger partial charge in [-0.05, 0) is 30.0 Å². The van der Waals surface area contributed by atoms with Crippen molar-refractivity contribution in [2.75, 3.05) is 6.61 Å². The fourth-order valence-electron chi connectivity index (χ4n) is 1.63. The lowest BCUT2D eigenvalue weighted by Crippen LogP contribution is -2.04. The molecule has 0 amide bonds. The second-order valence-electron chi connectivity index (χ2n) is 3.92. The Morgan fingerprint density at radius 2 is 2.06 bits per heavy atom.